The summed E-state index contributed by atoms with van der Waals surface area (Å²) < 4.78 is 52.0. The van der Waals surface area contributed by atoms with E-state index in [0.717, 1.165) is 0 Å². The molecule has 214 valence electrons. The zero-order valence-electron chi connectivity index (χ0n) is 22.2. The van der Waals surface area contributed by atoms with Gasteiger partial charge in [0.25, 0.3) is 0 Å². The number of aromatic nitrogens is 9. The lowest BCUT2D eigenvalue weighted by atomic mass is 10.0. The highest BCUT2D eigenvalue weighted by Gasteiger charge is 2.27. The number of benzene rings is 1. The Morgan fingerprint density at radius 2 is 1.90 bits per heavy atom. The van der Waals surface area contributed by atoms with E-state index in [9.17, 15) is 14.0 Å². The van der Waals surface area contributed by atoms with E-state index in [0.29, 0.717) is 21.4 Å². The summed E-state index contributed by atoms with van der Waals surface area (Å²) in [6.45, 7) is 3.16. The number of alkyl halides is 2. The topological polar surface area (TPSA) is 115 Å². The van der Waals surface area contributed by atoms with Crippen molar-refractivity contribution in [2.45, 2.75) is 45.4 Å². The SMILES string of the molecule is CC(C)(C)OCC[C@@H](c1ccc(-c2c(-n3cnnn3)ccc(Cl)c2F)c[n+]1[O-])n1cc(-c2ccnn2C(F)F)cn1. The van der Waals surface area contributed by atoms with E-state index >= 15 is 4.39 Å². The van der Waals surface area contributed by atoms with Gasteiger partial charge in [-0.05, 0) is 55.5 Å². The molecular weight excluding hydrogens is 563 g/mol. The molecule has 0 radical (unpaired) electrons. The predicted octanol–water partition coefficient (Wildman–Crippen LogP) is 5.00. The van der Waals surface area contributed by atoms with Crippen LogP contribution in [0.25, 0.3) is 28.1 Å². The van der Waals surface area contributed by atoms with E-state index in [1.807, 2.05) is 20.8 Å². The van der Waals surface area contributed by atoms with Crippen molar-refractivity contribution in [1.29, 1.82) is 0 Å². The molecule has 11 nitrogen and oxygen atoms in total. The molecule has 4 aromatic heterocycles. The van der Waals surface area contributed by atoms with Crippen LogP contribution in [0.2, 0.25) is 5.02 Å². The number of tetrazole rings is 1. The number of pyridine rings is 1. The first-order valence-electron chi connectivity index (χ1n) is 12.5. The number of rotatable bonds is 9. The third-order valence-corrected chi connectivity index (χ3v) is 6.53. The molecule has 1 aromatic carbocycles. The summed E-state index contributed by atoms with van der Waals surface area (Å²) in [5.41, 5.74) is 0.967. The zero-order chi connectivity index (χ0) is 29.3. The van der Waals surface area contributed by atoms with Crippen LogP contribution in [0.4, 0.5) is 13.2 Å². The van der Waals surface area contributed by atoms with E-state index in [2.05, 4.69) is 25.7 Å². The summed E-state index contributed by atoms with van der Waals surface area (Å²) in [4.78, 5) is 0. The standard InChI is InChI=1S/C26H25ClF3N9O2/c1-26(2,3)41-11-9-20(36-13-17(12-33-36)19-8-10-32-39(19)25(29)30)21-6-4-16(14-38(21)40)23-22(37-15-31-34-35-37)7-5-18(27)24(23)28/h4-8,10,12-15,20,25H,9,11H2,1-3H3/t20-/m0/s1. The summed E-state index contributed by atoms with van der Waals surface area (Å²) in [6.07, 6.45) is 7.12. The fourth-order valence-corrected chi connectivity index (χ4v) is 4.57. The first kappa shape index (κ1) is 28.2. The third kappa shape index (κ3) is 5.93. The average Bonchev–Trinajstić information content (AvgIpc) is 3.69. The maximum Gasteiger partial charge on any atom is 0.333 e. The fraction of sp³-hybridized carbons (Fsp3) is 0.308. The highest BCUT2D eigenvalue weighted by molar-refractivity contribution is 6.31. The largest absolute Gasteiger partial charge is 0.618 e. The van der Waals surface area contributed by atoms with Crippen molar-refractivity contribution >= 4 is 11.6 Å². The molecule has 0 unspecified atom stereocenters. The molecule has 15 heteroatoms. The summed E-state index contributed by atoms with van der Waals surface area (Å²) in [5, 5.41) is 32.4. The maximum atomic E-state index is 15.3. The van der Waals surface area contributed by atoms with Gasteiger partial charge in [0.05, 0.1) is 39.3 Å². The van der Waals surface area contributed by atoms with Gasteiger partial charge in [-0.25, -0.2) is 9.07 Å². The van der Waals surface area contributed by atoms with Crippen LogP contribution in [-0.4, -0.2) is 52.0 Å². The minimum atomic E-state index is -2.83. The van der Waals surface area contributed by atoms with Crippen LogP contribution in [0.5, 0.6) is 0 Å². The van der Waals surface area contributed by atoms with Gasteiger partial charge in [0.2, 0.25) is 5.69 Å². The summed E-state index contributed by atoms with van der Waals surface area (Å²) in [7, 11) is 0. The molecule has 0 aliphatic carbocycles. The molecule has 5 rings (SSSR count). The first-order valence-corrected chi connectivity index (χ1v) is 12.9. The summed E-state index contributed by atoms with van der Waals surface area (Å²) in [6, 6.07) is 6.86. The van der Waals surface area contributed by atoms with Gasteiger partial charge in [-0.15, -0.1) is 5.10 Å². The quantitative estimate of drug-likeness (QED) is 0.176. The highest BCUT2D eigenvalue weighted by Crippen LogP contribution is 2.34. The molecule has 0 aliphatic rings. The second-order valence-corrected chi connectivity index (χ2v) is 10.5. The van der Waals surface area contributed by atoms with Crippen molar-refractivity contribution in [3.8, 4) is 28.1 Å². The van der Waals surface area contributed by atoms with Crippen LogP contribution in [0, 0.1) is 11.0 Å². The lowest BCUT2D eigenvalue weighted by Crippen LogP contribution is -2.36. The van der Waals surface area contributed by atoms with Crippen LogP contribution in [0.15, 0.2) is 61.4 Å². The number of nitrogens with zero attached hydrogens (tertiary/aromatic N) is 9. The number of halogens is 4. The van der Waals surface area contributed by atoms with E-state index in [1.54, 1.807) is 24.4 Å². The van der Waals surface area contributed by atoms with Crippen LogP contribution in [-0.2, 0) is 4.74 Å². The van der Waals surface area contributed by atoms with Crippen molar-refractivity contribution in [3.63, 3.8) is 0 Å². The minimum absolute atomic E-state index is 0.0372. The van der Waals surface area contributed by atoms with Gasteiger partial charge >= 0.3 is 6.55 Å². The van der Waals surface area contributed by atoms with E-state index < -0.39 is 24.0 Å². The van der Waals surface area contributed by atoms with Crippen molar-refractivity contribution in [2.24, 2.45) is 0 Å². The third-order valence-electron chi connectivity index (χ3n) is 6.24. The van der Waals surface area contributed by atoms with Crippen LogP contribution in [0.3, 0.4) is 0 Å². The molecule has 0 bridgehead atoms. The van der Waals surface area contributed by atoms with Crippen LogP contribution < -0.4 is 4.73 Å². The molecule has 0 saturated heterocycles. The molecular formula is C26H25ClF3N9O2. The smallest absolute Gasteiger partial charge is 0.333 e. The van der Waals surface area contributed by atoms with Crippen molar-refractivity contribution in [3.05, 3.63) is 83.2 Å². The van der Waals surface area contributed by atoms with Gasteiger partial charge < -0.3 is 9.94 Å². The summed E-state index contributed by atoms with van der Waals surface area (Å²) >= 11 is 6.07. The van der Waals surface area contributed by atoms with Gasteiger partial charge in [-0.1, -0.05) is 11.6 Å². The maximum absolute atomic E-state index is 15.3. The molecule has 0 fully saturated rings. The molecule has 41 heavy (non-hydrogen) atoms. The Kier molecular flexibility index (Phi) is 7.78. The van der Waals surface area contributed by atoms with Crippen molar-refractivity contribution in [1.82, 2.24) is 39.8 Å². The normalized spacial score (nSPS) is 12.8. The monoisotopic (exact) mass is 587 g/mol. The lowest BCUT2D eigenvalue weighted by molar-refractivity contribution is -0.615. The zero-order valence-corrected chi connectivity index (χ0v) is 23.0. The van der Waals surface area contributed by atoms with Gasteiger partial charge in [0.1, 0.15) is 12.4 Å². The molecule has 0 saturated carbocycles. The van der Waals surface area contributed by atoms with Crippen molar-refractivity contribution in [2.75, 3.05) is 6.61 Å². The highest BCUT2D eigenvalue weighted by atomic mass is 35.5. The molecule has 0 spiro atoms. The number of hydrogen-bond donors (Lipinski definition) is 0. The summed E-state index contributed by atoms with van der Waals surface area (Å²) in [5.74, 6) is -0.741. The minimum Gasteiger partial charge on any atom is -0.618 e. The Hall–Kier alpha value is -4.30. The Labute approximate surface area is 237 Å². The molecule has 1 atom stereocenters. The molecule has 0 N–H and O–H groups in total. The van der Waals surface area contributed by atoms with Gasteiger partial charge in [-0.3, -0.25) is 4.68 Å². The molecule has 4 heterocycles. The molecule has 0 amide bonds. The van der Waals surface area contributed by atoms with E-state index in [1.165, 1.54) is 46.4 Å². The lowest BCUT2D eigenvalue weighted by Gasteiger charge is -2.22. The number of hydrogen-bond acceptors (Lipinski definition) is 7. The van der Waals surface area contributed by atoms with Crippen LogP contribution >= 0.6 is 11.6 Å². The molecule has 5 aromatic rings. The fourth-order valence-electron chi connectivity index (χ4n) is 4.41. The Morgan fingerprint density at radius 3 is 2.59 bits per heavy atom. The Morgan fingerprint density at radius 1 is 1.10 bits per heavy atom. The van der Waals surface area contributed by atoms with E-state index in [4.69, 9.17) is 16.3 Å². The predicted molar refractivity (Wildman–Crippen MR) is 142 cm³/mol. The van der Waals surface area contributed by atoms with Crippen molar-refractivity contribution < 1.29 is 22.6 Å². The average molecular weight is 588 g/mol. The first-order chi connectivity index (χ1) is 19.5. The Balaban J connectivity index is 1.55. The number of ether oxygens (including phenoxy) is 1. The second-order valence-electron chi connectivity index (χ2n) is 10.1. The van der Waals surface area contributed by atoms with Crippen LogP contribution in [0.1, 0.15) is 45.5 Å². The van der Waals surface area contributed by atoms with Gasteiger partial charge in [-0.2, -0.15) is 28.4 Å². The Bertz CT molecular complexity index is 1650. The van der Waals surface area contributed by atoms with Gasteiger partial charge in [0.15, 0.2) is 12.0 Å². The van der Waals surface area contributed by atoms with E-state index in [-0.39, 0.29) is 39.8 Å². The van der Waals surface area contributed by atoms with Gasteiger partial charge in [0, 0.05) is 37.1 Å². The molecule has 0 aliphatic heterocycles. The second kappa shape index (κ2) is 11.3.